The highest BCUT2D eigenvalue weighted by Crippen LogP contribution is 2.37. The summed E-state index contributed by atoms with van der Waals surface area (Å²) in [7, 11) is 0. The van der Waals surface area contributed by atoms with Gasteiger partial charge in [-0.15, -0.1) is 0 Å². The van der Waals surface area contributed by atoms with Gasteiger partial charge in [0.05, 0.1) is 0 Å². The van der Waals surface area contributed by atoms with Crippen LogP contribution in [0.2, 0.25) is 0 Å². The van der Waals surface area contributed by atoms with Crippen molar-refractivity contribution >= 4 is 5.91 Å². The van der Waals surface area contributed by atoms with E-state index in [1.165, 1.54) is 0 Å². The minimum atomic E-state index is -0.0532. The molecule has 1 aliphatic rings. The summed E-state index contributed by atoms with van der Waals surface area (Å²) in [4.78, 5) is 11.1. The van der Waals surface area contributed by atoms with Crippen LogP contribution in [0.4, 0.5) is 0 Å². The molecule has 0 aromatic heterocycles. The van der Waals surface area contributed by atoms with Crippen LogP contribution in [0.25, 0.3) is 0 Å². The van der Waals surface area contributed by atoms with Gasteiger partial charge in [0.2, 0.25) is 5.91 Å². The van der Waals surface area contributed by atoms with Gasteiger partial charge in [-0.2, -0.15) is 0 Å². The standard InChI is InChI=1S/C9H17NO/c1-8(2)6-5-7(11)10-9(8,3)4/h5-6H2,1-4H3,(H,10,11). The molecule has 1 aliphatic heterocycles. The van der Waals surface area contributed by atoms with Crippen molar-refractivity contribution in [2.75, 3.05) is 0 Å². The van der Waals surface area contributed by atoms with Crippen molar-refractivity contribution in [1.29, 1.82) is 0 Å². The van der Waals surface area contributed by atoms with Crippen LogP contribution in [0.3, 0.4) is 0 Å². The summed E-state index contributed by atoms with van der Waals surface area (Å²) >= 11 is 0. The number of amides is 1. The maximum atomic E-state index is 11.1. The van der Waals surface area contributed by atoms with E-state index in [-0.39, 0.29) is 16.9 Å². The van der Waals surface area contributed by atoms with E-state index in [1.54, 1.807) is 0 Å². The summed E-state index contributed by atoms with van der Waals surface area (Å²) in [5.74, 6) is 0.189. The average Bonchev–Trinajstić information content (AvgIpc) is 1.80. The third-order valence-corrected chi connectivity index (χ3v) is 3.12. The molecule has 0 unspecified atom stereocenters. The number of piperidine rings is 1. The van der Waals surface area contributed by atoms with Gasteiger partial charge in [-0.1, -0.05) is 13.8 Å². The lowest BCUT2D eigenvalue weighted by Crippen LogP contribution is -2.57. The number of carbonyl (C=O) groups is 1. The third-order valence-electron chi connectivity index (χ3n) is 3.12. The topological polar surface area (TPSA) is 29.1 Å². The van der Waals surface area contributed by atoms with E-state index in [4.69, 9.17) is 0 Å². The lowest BCUT2D eigenvalue weighted by atomic mass is 9.69. The van der Waals surface area contributed by atoms with E-state index in [1.807, 2.05) is 0 Å². The van der Waals surface area contributed by atoms with Crippen molar-refractivity contribution in [1.82, 2.24) is 5.32 Å². The van der Waals surface area contributed by atoms with Crippen LogP contribution >= 0.6 is 0 Å². The van der Waals surface area contributed by atoms with E-state index in [2.05, 4.69) is 33.0 Å². The van der Waals surface area contributed by atoms with Gasteiger partial charge in [0.25, 0.3) is 0 Å². The third kappa shape index (κ3) is 1.39. The molecule has 0 bridgehead atoms. The van der Waals surface area contributed by atoms with Crippen LogP contribution in [-0.4, -0.2) is 11.4 Å². The molecule has 0 spiro atoms. The predicted octanol–water partition coefficient (Wildman–Crippen LogP) is 1.70. The van der Waals surface area contributed by atoms with Crippen molar-refractivity contribution in [2.24, 2.45) is 5.41 Å². The molecule has 1 heterocycles. The lowest BCUT2D eigenvalue weighted by Gasteiger charge is -2.45. The second-order valence-electron chi connectivity index (χ2n) is 4.56. The molecule has 1 amide bonds. The number of hydrogen-bond acceptors (Lipinski definition) is 1. The highest BCUT2D eigenvalue weighted by Gasteiger charge is 2.41. The van der Waals surface area contributed by atoms with Crippen molar-refractivity contribution in [3.8, 4) is 0 Å². The fourth-order valence-electron chi connectivity index (χ4n) is 1.32. The molecule has 0 atom stereocenters. The SMILES string of the molecule is CC1(C)CCC(=O)NC1(C)C. The Morgan fingerprint density at radius 3 is 2.18 bits per heavy atom. The second-order valence-corrected chi connectivity index (χ2v) is 4.56. The molecule has 64 valence electrons. The molecular formula is C9H17NO. The summed E-state index contributed by atoms with van der Waals surface area (Å²) < 4.78 is 0. The lowest BCUT2D eigenvalue weighted by molar-refractivity contribution is -0.128. The Hall–Kier alpha value is -0.530. The Kier molecular flexibility index (Phi) is 1.73. The smallest absolute Gasteiger partial charge is 0.220 e. The van der Waals surface area contributed by atoms with Gasteiger partial charge in [-0.05, 0) is 25.7 Å². The summed E-state index contributed by atoms with van der Waals surface area (Å²) in [6, 6.07) is 0. The largest absolute Gasteiger partial charge is 0.351 e. The molecule has 0 aliphatic carbocycles. The van der Waals surface area contributed by atoms with E-state index in [0.717, 1.165) is 6.42 Å². The summed E-state index contributed by atoms with van der Waals surface area (Å²) in [6.07, 6.45) is 1.67. The first-order valence-electron chi connectivity index (χ1n) is 4.16. The van der Waals surface area contributed by atoms with Gasteiger partial charge < -0.3 is 5.32 Å². The zero-order chi connectivity index (χ0) is 8.70. The summed E-state index contributed by atoms with van der Waals surface area (Å²) in [6.45, 7) is 8.58. The quantitative estimate of drug-likeness (QED) is 0.567. The van der Waals surface area contributed by atoms with Crippen LogP contribution in [0, 0.1) is 5.41 Å². The van der Waals surface area contributed by atoms with Crippen molar-refractivity contribution in [2.45, 2.75) is 46.1 Å². The van der Waals surface area contributed by atoms with Crippen LogP contribution in [-0.2, 0) is 4.79 Å². The van der Waals surface area contributed by atoms with E-state index in [9.17, 15) is 4.79 Å². The molecular weight excluding hydrogens is 138 g/mol. The van der Waals surface area contributed by atoms with Crippen molar-refractivity contribution in [3.05, 3.63) is 0 Å². The zero-order valence-corrected chi connectivity index (χ0v) is 7.82. The first kappa shape index (κ1) is 8.57. The molecule has 1 saturated heterocycles. The maximum Gasteiger partial charge on any atom is 0.220 e. The second kappa shape index (κ2) is 2.23. The monoisotopic (exact) mass is 155 g/mol. The average molecular weight is 155 g/mol. The van der Waals surface area contributed by atoms with Gasteiger partial charge in [-0.3, -0.25) is 4.79 Å². The van der Waals surface area contributed by atoms with Gasteiger partial charge in [-0.25, -0.2) is 0 Å². The normalized spacial score (nSPS) is 27.8. The Labute approximate surface area is 68.4 Å². The Morgan fingerprint density at radius 1 is 1.27 bits per heavy atom. The maximum absolute atomic E-state index is 11.1. The molecule has 1 rings (SSSR count). The van der Waals surface area contributed by atoms with E-state index < -0.39 is 0 Å². The Bertz CT molecular complexity index is 182. The van der Waals surface area contributed by atoms with Crippen LogP contribution in [0.5, 0.6) is 0 Å². The highest BCUT2D eigenvalue weighted by molar-refractivity contribution is 5.77. The Balaban J connectivity index is 2.80. The number of hydrogen-bond donors (Lipinski definition) is 1. The number of rotatable bonds is 0. The summed E-state index contributed by atoms with van der Waals surface area (Å²) in [5.41, 5.74) is 0.170. The first-order chi connectivity index (χ1) is 4.85. The van der Waals surface area contributed by atoms with Crippen molar-refractivity contribution < 1.29 is 4.79 Å². The van der Waals surface area contributed by atoms with E-state index in [0.29, 0.717) is 6.42 Å². The molecule has 2 nitrogen and oxygen atoms in total. The molecule has 2 heteroatoms. The molecule has 1 N–H and O–H groups in total. The molecule has 0 radical (unpaired) electrons. The first-order valence-corrected chi connectivity index (χ1v) is 4.16. The van der Waals surface area contributed by atoms with Gasteiger partial charge >= 0.3 is 0 Å². The fourth-order valence-corrected chi connectivity index (χ4v) is 1.32. The van der Waals surface area contributed by atoms with Gasteiger partial charge in [0.15, 0.2) is 0 Å². The van der Waals surface area contributed by atoms with E-state index >= 15 is 0 Å². The van der Waals surface area contributed by atoms with Crippen LogP contribution in [0.1, 0.15) is 40.5 Å². The molecule has 1 fully saturated rings. The number of nitrogens with one attached hydrogen (secondary N) is 1. The number of carbonyl (C=O) groups excluding carboxylic acids is 1. The van der Waals surface area contributed by atoms with Gasteiger partial charge in [0.1, 0.15) is 0 Å². The minimum absolute atomic E-state index is 0.0532. The summed E-state index contributed by atoms with van der Waals surface area (Å²) in [5, 5.41) is 3.01. The molecule has 0 aromatic rings. The van der Waals surface area contributed by atoms with Crippen molar-refractivity contribution in [3.63, 3.8) is 0 Å². The molecule has 0 saturated carbocycles. The zero-order valence-electron chi connectivity index (χ0n) is 7.82. The molecule has 11 heavy (non-hydrogen) atoms. The predicted molar refractivity (Wildman–Crippen MR) is 45.2 cm³/mol. The highest BCUT2D eigenvalue weighted by atomic mass is 16.1. The Morgan fingerprint density at radius 2 is 1.82 bits per heavy atom. The minimum Gasteiger partial charge on any atom is -0.351 e. The van der Waals surface area contributed by atoms with Crippen LogP contribution in [0.15, 0.2) is 0 Å². The fraction of sp³-hybridized carbons (Fsp3) is 0.889. The molecule has 0 aromatic carbocycles. The van der Waals surface area contributed by atoms with Gasteiger partial charge in [0, 0.05) is 12.0 Å². The van der Waals surface area contributed by atoms with Crippen LogP contribution < -0.4 is 5.32 Å².